The van der Waals surface area contributed by atoms with E-state index in [2.05, 4.69) is 9.72 Å². The molecule has 0 amide bonds. The second-order valence-corrected chi connectivity index (χ2v) is 4.90. The van der Waals surface area contributed by atoms with Crippen molar-refractivity contribution in [3.8, 4) is 11.5 Å². The van der Waals surface area contributed by atoms with Crippen LogP contribution in [0.3, 0.4) is 0 Å². The normalized spacial score (nSPS) is 10.9. The number of oxazole rings is 1. The molecular formula is C17H14FNO4. The summed E-state index contributed by atoms with van der Waals surface area (Å²) in [5.74, 6) is -0.785. The SMILES string of the molecule is COCOC(=O)Cc1ccc(-c2nc3ccccc3o2)c(F)c1. The third-order valence-corrected chi connectivity index (χ3v) is 3.24. The van der Waals surface area contributed by atoms with Crippen molar-refractivity contribution in [2.24, 2.45) is 0 Å². The smallest absolute Gasteiger partial charge is 0.312 e. The number of esters is 1. The number of carbonyl (C=O) groups is 1. The number of halogens is 1. The number of rotatable bonds is 5. The lowest BCUT2D eigenvalue weighted by atomic mass is 10.1. The molecule has 0 N–H and O–H groups in total. The van der Waals surface area contributed by atoms with Gasteiger partial charge in [0.15, 0.2) is 12.4 Å². The minimum absolute atomic E-state index is 0.0336. The zero-order valence-corrected chi connectivity index (χ0v) is 12.4. The molecular weight excluding hydrogens is 301 g/mol. The van der Waals surface area contributed by atoms with E-state index in [9.17, 15) is 9.18 Å². The van der Waals surface area contributed by atoms with E-state index in [1.54, 1.807) is 24.3 Å². The molecule has 2 aromatic carbocycles. The summed E-state index contributed by atoms with van der Waals surface area (Å²) < 4.78 is 29.3. The Bertz CT molecular complexity index is 810. The van der Waals surface area contributed by atoms with Gasteiger partial charge in [0.1, 0.15) is 11.3 Å². The number of fused-ring (bicyclic) bond motifs is 1. The van der Waals surface area contributed by atoms with Crippen molar-refractivity contribution in [2.75, 3.05) is 13.9 Å². The number of para-hydroxylation sites is 2. The van der Waals surface area contributed by atoms with Gasteiger partial charge in [0.2, 0.25) is 5.89 Å². The van der Waals surface area contributed by atoms with E-state index in [-0.39, 0.29) is 24.7 Å². The third kappa shape index (κ3) is 3.37. The Morgan fingerprint density at radius 3 is 2.83 bits per heavy atom. The van der Waals surface area contributed by atoms with Gasteiger partial charge in [-0.15, -0.1) is 0 Å². The lowest BCUT2D eigenvalue weighted by molar-refractivity contribution is -0.153. The van der Waals surface area contributed by atoms with Crippen molar-refractivity contribution in [1.29, 1.82) is 0 Å². The zero-order chi connectivity index (χ0) is 16.2. The van der Waals surface area contributed by atoms with Crippen LogP contribution in [0.25, 0.3) is 22.6 Å². The summed E-state index contributed by atoms with van der Waals surface area (Å²) >= 11 is 0. The molecule has 0 aliphatic rings. The lowest BCUT2D eigenvalue weighted by Gasteiger charge is -2.05. The van der Waals surface area contributed by atoms with E-state index in [0.29, 0.717) is 16.7 Å². The van der Waals surface area contributed by atoms with E-state index in [4.69, 9.17) is 9.15 Å². The van der Waals surface area contributed by atoms with Crippen molar-refractivity contribution >= 4 is 17.1 Å². The lowest BCUT2D eigenvalue weighted by Crippen LogP contribution is -2.10. The van der Waals surface area contributed by atoms with Crippen LogP contribution in [-0.4, -0.2) is 24.9 Å². The molecule has 0 aliphatic heterocycles. The maximum absolute atomic E-state index is 14.3. The second-order valence-electron chi connectivity index (χ2n) is 4.90. The summed E-state index contributed by atoms with van der Waals surface area (Å²) in [6.45, 7) is -0.123. The van der Waals surface area contributed by atoms with Crippen molar-refractivity contribution in [2.45, 2.75) is 6.42 Å². The number of hydrogen-bond donors (Lipinski definition) is 0. The second kappa shape index (κ2) is 6.58. The number of benzene rings is 2. The highest BCUT2D eigenvalue weighted by molar-refractivity contribution is 5.76. The molecule has 5 nitrogen and oxygen atoms in total. The Hall–Kier alpha value is -2.73. The van der Waals surface area contributed by atoms with Gasteiger partial charge in [-0.1, -0.05) is 18.2 Å². The van der Waals surface area contributed by atoms with E-state index in [1.165, 1.54) is 13.2 Å². The predicted molar refractivity (Wildman–Crippen MR) is 81.1 cm³/mol. The van der Waals surface area contributed by atoms with Crippen LogP contribution in [0.1, 0.15) is 5.56 Å². The first-order valence-corrected chi connectivity index (χ1v) is 6.96. The molecule has 3 aromatic rings. The minimum atomic E-state index is -0.506. The molecule has 3 rings (SSSR count). The molecule has 0 unspecified atom stereocenters. The monoisotopic (exact) mass is 315 g/mol. The highest BCUT2D eigenvalue weighted by Gasteiger charge is 2.14. The first-order valence-electron chi connectivity index (χ1n) is 6.96. The highest BCUT2D eigenvalue weighted by atomic mass is 19.1. The van der Waals surface area contributed by atoms with Gasteiger partial charge in [0.05, 0.1) is 12.0 Å². The van der Waals surface area contributed by atoms with Crippen LogP contribution in [0.15, 0.2) is 46.9 Å². The number of carbonyl (C=O) groups excluding carboxylic acids is 1. The van der Waals surface area contributed by atoms with Gasteiger partial charge < -0.3 is 13.9 Å². The van der Waals surface area contributed by atoms with Crippen molar-refractivity contribution in [3.63, 3.8) is 0 Å². The van der Waals surface area contributed by atoms with Gasteiger partial charge in [0, 0.05) is 7.11 Å². The van der Waals surface area contributed by atoms with Gasteiger partial charge >= 0.3 is 5.97 Å². The third-order valence-electron chi connectivity index (χ3n) is 3.24. The summed E-state index contributed by atoms with van der Waals surface area (Å²) in [5.41, 5.74) is 2.00. The number of aromatic nitrogens is 1. The maximum atomic E-state index is 14.3. The molecule has 0 bridgehead atoms. The fourth-order valence-corrected chi connectivity index (χ4v) is 2.17. The molecule has 0 radical (unpaired) electrons. The fourth-order valence-electron chi connectivity index (χ4n) is 2.17. The average molecular weight is 315 g/mol. The van der Waals surface area contributed by atoms with Gasteiger partial charge in [-0.2, -0.15) is 0 Å². The molecule has 0 aliphatic carbocycles. The Labute approximate surface area is 131 Å². The summed E-state index contributed by atoms with van der Waals surface area (Å²) in [4.78, 5) is 15.8. The molecule has 0 saturated carbocycles. The average Bonchev–Trinajstić information content (AvgIpc) is 2.96. The molecule has 0 fully saturated rings. The topological polar surface area (TPSA) is 61.6 Å². The van der Waals surface area contributed by atoms with Crippen LogP contribution < -0.4 is 0 Å². The van der Waals surface area contributed by atoms with E-state index in [1.807, 2.05) is 12.1 Å². The van der Waals surface area contributed by atoms with E-state index in [0.717, 1.165) is 0 Å². The van der Waals surface area contributed by atoms with Crippen molar-refractivity contribution in [3.05, 3.63) is 53.8 Å². The first kappa shape index (κ1) is 15.2. The molecule has 23 heavy (non-hydrogen) atoms. The number of hydrogen-bond acceptors (Lipinski definition) is 5. The van der Waals surface area contributed by atoms with Crippen molar-refractivity contribution < 1.29 is 23.1 Å². The standard InChI is InChI=1S/C17H14FNO4/c1-21-10-22-16(20)9-11-6-7-12(13(18)8-11)17-19-14-4-2-3-5-15(14)23-17/h2-8H,9-10H2,1H3. The molecule has 0 atom stereocenters. The van der Waals surface area contributed by atoms with Crippen LogP contribution >= 0.6 is 0 Å². The van der Waals surface area contributed by atoms with Gasteiger partial charge in [-0.05, 0) is 29.8 Å². The molecule has 0 saturated heterocycles. The van der Waals surface area contributed by atoms with Crippen LogP contribution in [0.4, 0.5) is 4.39 Å². The number of nitrogens with zero attached hydrogens (tertiary/aromatic N) is 1. The van der Waals surface area contributed by atoms with Crippen LogP contribution in [-0.2, 0) is 20.7 Å². The van der Waals surface area contributed by atoms with E-state index >= 15 is 0 Å². The predicted octanol–water partition coefficient (Wildman–Crippen LogP) is 3.32. The summed E-state index contributed by atoms with van der Waals surface area (Å²) in [6.07, 6.45) is -0.0336. The Balaban J connectivity index is 1.83. The Morgan fingerprint density at radius 2 is 2.09 bits per heavy atom. The van der Waals surface area contributed by atoms with Crippen LogP contribution in [0.5, 0.6) is 0 Å². The summed E-state index contributed by atoms with van der Waals surface area (Å²) in [7, 11) is 1.42. The van der Waals surface area contributed by atoms with Crippen LogP contribution in [0, 0.1) is 5.82 Å². The first-order chi connectivity index (χ1) is 11.2. The molecule has 6 heteroatoms. The number of ether oxygens (including phenoxy) is 2. The Kier molecular flexibility index (Phi) is 4.34. The highest BCUT2D eigenvalue weighted by Crippen LogP contribution is 2.27. The molecule has 1 aromatic heterocycles. The fraction of sp³-hybridized carbons (Fsp3) is 0.176. The zero-order valence-electron chi connectivity index (χ0n) is 12.4. The van der Waals surface area contributed by atoms with Gasteiger partial charge in [-0.3, -0.25) is 4.79 Å². The van der Waals surface area contributed by atoms with Gasteiger partial charge in [-0.25, -0.2) is 9.37 Å². The largest absolute Gasteiger partial charge is 0.438 e. The number of methoxy groups -OCH3 is 1. The van der Waals surface area contributed by atoms with E-state index < -0.39 is 11.8 Å². The minimum Gasteiger partial charge on any atom is -0.438 e. The van der Waals surface area contributed by atoms with Crippen molar-refractivity contribution in [1.82, 2.24) is 4.98 Å². The quantitative estimate of drug-likeness (QED) is 0.534. The molecule has 0 spiro atoms. The summed E-state index contributed by atoms with van der Waals surface area (Å²) in [5, 5.41) is 0. The Morgan fingerprint density at radius 1 is 1.26 bits per heavy atom. The maximum Gasteiger partial charge on any atom is 0.312 e. The molecule has 118 valence electrons. The summed E-state index contributed by atoms with van der Waals surface area (Å²) in [6, 6.07) is 11.7. The van der Waals surface area contributed by atoms with Gasteiger partial charge in [0.25, 0.3) is 0 Å². The van der Waals surface area contributed by atoms with Crippen LogP contribution in [0.2, 0.25) is 0 Å². The molecule has 1 heterocycles.